The number of anilines is 1. The third-order valence-corrected chi connectivity index (χ3v) is 2.09. The summed E-state index contributed by atoms with van der Waals surface area (Å²) in [6.45, 7) is 0. The molecule has 64 valence electrons. The van der Waals surface area contributed by atoms with Crippen LogP contribution in [-0.2, 0) is 0 Å². The van der Waals surface area contributed by atoms with Gasteiger partial charge in [-0.15, -0.1) is 0 Å². The molecule has 0 aliphatic rings. The molecule has 0 aliphatic heterocycles. The Morgan fingerprint density at radius 1 is 1.46 bits per heavy atom. The highest BCUT2D eigenvalue weighted by atomic mass is 79.9. The van der Waals surface area contributed by atoms with Gasteiger partial charge in [-0.1, -0.05) is 11.8 Å². The van der Waals surface area contributed by atoms with Gasteiger partial charge in [-0.2, -0.15) is 5.26 Å². The molecule has 2 nitrogen and oxygen atoms in total. The predicted molar refractivity (Wildman–Crippen MR) is 55.7 cm³/mol. The van der Waals surface area contributed by atoms with Crippen molar-refractivity contribution in [1.82, 2.24) is 0 Å². The maximum Gasteiger partial charge on any atom is 0.0966 e. The standard InChI is InChI=1S/C10H7BrN2/c11-9-7-8(3-1-2-6-12)4-5-10(9)13/h4-5,7H,2,13H2. The second-order valence-corrected chi connectivity index (χ2v) is 3.23. The van der Waals surface area contributed by atoms with Crippen molar-refractivity contribution in [2.45, 2.75) is 6.42 Å². The molecule has 0 aromatic heterocycles. The Kier molecular flexibility index (Phi) is 3.37. The summed E-state index contributed by atoms with van der Waals surface area (Å²) in [5.74, 6) is 5.58. The maximum atomic E-state index is 8.26. The smallest absolute Gasteiger partial charge is 0.0966 e. The molecule has 1 aromatic rings. The minimum Gasteiger partial charge on any atom is -0.398 e. The largest absolute Gasteiger partial charge is 0.398 e. The summed E-state index contributed by atoms with van der Waals surface area (Å²) < 4.78 is 0.830. The lowest BCUT2D eigenvalue weighted by atomic mass is 10.2. The highest BCUT2D eigenvalue weighted by Crippen LogP contribution is 2.19. The average Bonchev–Trinajstić information content (AvgIpc) is 2.12. The molecule has 0 radical (unpaired) electrons. The molecular formula is C10H7BrN2. The summed E-state index contributed by atoms with van der Waals surface area (Å²) in [5.41, 5.74) is 7.14. The van der Waals surface area contributed by atoms with E-state index in [0.717, 1.165) is 10.0 Å². The fourth-order valence-electron chi connectivity index (χ4n) is 0.791. The molecule has 3 heteroatoms. The SMILES string of the molecule is N#CCC#Cc1ccc(N)c(Br)c1. The highest BCUT2D eigenvalue weighted by molar-refractivity contribution is 9.10. The molecule has 0 unspecified atom stereocenters. The molecule has 0 bridgehead atoms. The highest BCUT2D eigenvalue weighted by Gasteiger charge is 1.94. The summed E-state index contributed by atoms with van der Waals surface area (Å²) in [4.78, 5) is 0. The number of halogens is 1. The van der Waals surface area contributed by atoms with Gasteiger partial charge in [0, 0.05) is 15.7 Å². The van der Waals surface area contributed by atoms with E-state index in [1.165, 1.54) is 0 Å². The number of benzene rings is 1. The first kappa shape index (κ1) is 9.64. The molecule has 1 aromatic carbocycles. The third-order valence-electron chi connectivity index (χ3n) is 1.40. The van der Waals surface area contributed by atoms with Crippen LogP contribution in [-0.4, -0.2) is 0 Å². The van der Waals surface area contributed by atoms with Crippen LogP contribution in [0, 0.1) is 23.2 Å². The van der Waals surface area contributed by atoms with E-state index in [0.29, 0.717) is 5.69 Å². The van der Waals surface area contributed by atoms with E-state index < -0.39 is 0 Å². The summed E-state index contributed by atoms with van der Waals surface area (Å²) in [7, 11) is 0. The first-order valence-electron chi connectivity index (χ1n) is 3.65. The molecule has 0 heterocycles. The van der Waals surface area contributed by atoms with Crippen molar-refractivity contribution >= 4 is 21.6 Å². The molecule has 2 N–H and O–H groups in total. The van der Waals surface area contributed by atoms with Gasteiger partial charge in [-0.3, -0.25) is 0 Å². The lowest BCUT2D eigenvalue weighted by Gasteiger charge is -1.96. The van der Waals surface area contributed by atoms with Gasteiger partial charge in [0.25, 0.3) is 0 Å². The molecule has 0 spiro atoms. The van der Waals surface area contributed by atoms with Gasteiger partial charge in [0.2, 0.25) is 0 Å². The number of nitrogens with two attached hydrogens (primary N) is 1. The Bertz CT molecular complexity index is 407. The number of hydrogen-bond acceptors (Lipinski definition) is 2. The van der Waals surface area contributed by atoms with Crippen LogP contribution in [0.15, 0.2) is 22.7 Å². The Balaban J connectivity index is 2.89. The zero-order chi connectivity index (χ0) is 9.68. The van der Waals surface area contributed by atoms with Crippen LogP contribution in [0.4, 0.5) is 5.69 Å². The van der Waals surface area contributed by atoms with E-state index in [2.05, 4.69) is 27.8 Å². The first-order chi connectivity index (χ1) is 6.24. The van der Waals surface area contributed by atoms with Crippen molar-refractivity contribution in [3.05, 3.63) is 28.2 Å². The van der Waals surface area contributed by atoms with Crippen LogP contribution < -0.4 is 5.73 Å². The summed E-state index contributed by atoms with van der Waals surface area (Å²) >= 11 is 3.30. The normalized spacial score (nSPS) is 8.31. The van der Waals surface area contributed by atoms with Crippen LogP contribution in [0.25, 0.3) is 0 Å². The zero-order valence-electron chi connectivity index (χ0n) is 6.84. The lowest BCUT2D eigenvalue weighted by molar-refractivity contribution is 1.39. The monoisotopic (exact) mass is 234 g/mol. The molecule has 0 amide bonds. The van der Waals surface area contributed by atoms with Gasteiger partial charge in [0.05, 0.1) is 12.5 Å². The van der Waals surface area contributed by atoms with E-state index >= 15 is 0 Å². The van der Waals surface area contributed by atoms with E-state index in [4.69, 9.17) is 11.0 Å². The van der Waals surface area contributed by atoms with Crippen molar-refractivity contribution in [1.29, 1.82) is 5.26 Å². The Morgan fingerprint density at radius 3 is 2.85 bits per heavy atom. The summed E-state index contributed by atoms with van der Waals surface area (Å²) in [6.07, 6.45) is 0.252. The molecule has 0 fully saturated rings. The fraction of sp³-hybridized carbons (Fsp3) is 0.100. The van der Waals surface area contributed by atoms with Gasteiger partial charge in [0.1, 0.15) is 0 Å². The maximum absolute atomic E-state index is 8.26. The zero-order valence-corrected chi connectivity index (χ0v) is 8.43. The Hall–Kier alpha value is -1.45. The van der Waals surface area contributed by atoms with E-state index in [1.54, 1.807) is 6.07 Å². The average molecular weight is 235 g/mol. The van der Waals surface area contributed by atoms with Gasteiger partial charge in [-0.05, 0) is 34.1 Å². The number of rotatable bonds is 0. The van der Waals surface area contributed by atoms with Gasteiger partial charge >= 0.3 is 0 Å². The van der Waals surface area contributed by atoms with Crippen LogP contribution >= 0.6 is 15.9 Å². The summed E-state index contributed by atoms with van der Waals surface area (Å²) in [5, 5.41) is 8.26. The topological polar surface area (TPSA) is 49.8 Å². The van der Waals surface area contributed by atoms with Crippen molar-refractivity contribution in [3.8, 4) is 17.9 Å². The van der Waals surface area contributed by atoms with Gasteiger partial charge in [-0.25, -0.2) is 0 Å². The van der Waals surface area contributed by atoms with Crippen LogP contribution in [0.1, 0.15) is 12.0 Å². The number of nitrogens with zero attached hydrogens (tertiary/aromatic N) is 1. The molecule has 0 saturated carbocycles. The molecule has 0 atom stereocenters. The molecular weight excluding hydrogens is 228 g/mol. The molecule has 13 heavy (non-hydrogen) atoms. The molecule has 0 aliphatic carbocycles. The minimum absolute atomic E-state index is 0.252. The van der Waals surface area contributed by atoms with Gasteiger partial charge < -0.3 is 5.73 Å². The fourth-order valence-corrected chi connectivity index (χ4v) is 1.17. The van der Waals surface area contributed by atoms with Crippen molar-refractivity contribution < 1.29 is 0 Å². The summed E-state index contributed by atoms with van der Waals surface area (Å²) in [6, 6.07) is 7.39. The number of hydrogen-bond donors (Lipinski definition) is 1. The van der Waals surface area contributed by atoms with E-state index in [9.17, 15) is 0 Å². The van der Waals surface area contributed by atoms with Crippen molar-refractivity contribution in [3.63, 3.8) is 0 Å². The molecule has 1 rings (SSSR count). The predicted octanol–water partition coefficient (Wildman–Crippen LogP) is 2.30. The van der Waals surface area contributed by atoms with E-state index in [1.807, 2.05) is 18.2 Å². The first-order valence-corrected chi connectivity index (χ1v) is 4.44. The van der Waals surface area contributed by atoms with Gasteiger partial charge in [0.15, 0.2) is 0 Å². The van der Waals surface area contributed by atoms with Crippen LogP contribution in [0.3, 0.4) is 0 Å². The van der Waals surface area contributed by atoms with Crippen molar-refractivity contribution in [2.75, 3.05) is 5.73 Å². The second-order valence-electron chi connectivity index (χ2n) is 2.37. The lowest BCUT2D eigenvalue weighted by Crippen LogP contribution is -1.86. The third kappa shape index (κ3) is 2.82. The number of nitrogen functional groups attached to an aromatic ring is 1. The second kappa shape index (κ2) is 4.54. The number of nitriles is 1. The quantitative estimate of drug-likeness (QED) is 0.554. The van der Waals surface area contributed by atoms with Crippen molar-refractivity contribution in [2.24, 2.45) is 0 Å². The minimum atomic E-state index is 0.252. The molecule has 0 saturated heterocycles. The van der Waals surface area contributed by atoms with E-state index in [-0.39, 0.29) is 6.42 Å². The Morgan fingerprint density at radius 2 is 2.23 bits per heavy atom. The Labute approximate surface area is 85.5 Å². The van der Waals surface area contributed by atoms with Crippen LogP contribution in [0.2, 0.25) is 0 Å². The van der Waals surface area contributed by atoms with Crippen LogP contribution in [0.5, 0.6) is 0 Å².